The number of halogens is 1. The van der Waals surface area contributed by atoms with Crippen LogP contribution in [0.5, 0.6) is 0 Å². The first-order valence-electron chi connectivity index (χ1n) is 8.52. The van der Waals surface area contributed by atoms with Gasteiger partial charge in [-0.1, -0.05) is 13.8 Å². The fraction of sp³-hybridized carbons (Fsp3) is 0.706. The van der Waals surface area contributed by atoms with Crippen molar-refractivity contribution in [3.8, 4) is 0 Å². The van der Waals surface area contributed by atoms with Gasteiger partial charge < -0.3 is 20.3 Å². The summed E-state index contributed by atoms with van der Waals surface area (Å²) in [6, 6.07) is 4.82. The zero-order chi connectivity index (χ0) is 16.5. The van der Waals surface area contributed by atoms with Crippen LogP contribution >= 0.6 is 35.3 Å². The van der Waals surface area contributed by atoms with Crippen LogP contribution in [0.3, 0.4) is 0 Å². The van der Waals surface area contributed by atoms with E-state index in [1.807, 2.05) is 18.4 Å². The molecule has 0 amide bonds. The second kappa shape index (κ2) is 11.9. The Morgan fingerprint density at radius 3 is 2.75 bits per heavy atom. The number of nitrogens with zero attached hydrogens (tertiary/aromatic N) is 2. The van der Waals surface area contributed by atoms with Crippen LogP contribution < -0.4 is 15.5 Å². The Labute approximate surface area is 167 Å². The van der Waals surface area contributed by atoms with E-state index in [0.717, 1.165) is 51.6 Å². The fourth-order valence-electron chi connectivity index (χ4n) is 2.64. The van der Waals surface area contributed by atoms with Crippen LogP contribution in [0.1, 0.15) is 26.7 Å². The van der Waals surface area contributed by atoms with Gasteiger partial charge in [-0.15, -0.1) is 35.3 Å². The van der Waals surface area contributed by atoms with Gasteiger partial charge in [-0.3, -0.25) is 4.99 Å². The average Bonchev–Trinajstić information content (AvgIpc) is 3.08. The number of anilines is 1. The summed E-state index contributed by atoms with van der Waals surface area (Å²) in [4.78, 5) is 6.78. The van der Waals surface area contributed by atoms with Crippen molar-refractivity contribution in [3.05, 3.63) is 17.5 Å². The molecule has 5 nitrogen and oxygen atoms in total. The minimum atomic E-state index is 0. The van der Waals surface area contributed by atoms with Crippen molar-refractivity contribution in [3.63, 3.8) is 0 Å². The number of ether oxygens (including phenoxy) is 1. The molecule has 1 saturated heterocycles. The van der Waals surface area contributed by atoms with Crippen molar-refractivity contribution in [1.82, 2.24) is 10.6 Å². The maximum absolute atomic E-state index is 5.58. The number of rotatable bonds is 7. The van der Waals surface area contributed by atoms with Crippen molar-refractivity contribution in [1.29, 1.82) is 0 Å². The highest BCUT2D eigenvalue weighted by Crippen LogP contribution is 2.24. The Balaban J connectivity index is 0.00000288. The first-order valence-corrected chi connectivity index (χ1v) is 9.40. The Bertz CT molecular complexity index is 459. The van der Waals surface area contributed by atoms with E-state index in [1.165, 1.54) is 5.00 Å². The van der Waals surface area contributed by atoms with Gasteiger partial charge in [-0.05, 0) is 36.3 Å². The first kappa shape index (κ1) is 21.5. The third-order valence-electron chi connectivity index (χ3n) is 3.87. The lowest BCUT2D eigenvalue weighted by Crippen LogP contribution is -2.49. The van der Waals surface area contributed by atoms with Gasteiger partial charge in [0.1, 0.15) is 0 Å². The van der Waals surface area contributed by atoms with Gasteiger partial charge in [0.25, 0.3) is 0 Å². The van der Waals surface area contributed by atoms with Gasteiger partial charge in [0, 0.05) is 39.3 Å². The Morgan fingerprint density at radius 1 is 1.42 bits per heavy atom. The van der Waals surface area contributed by atoms with Crippen molar-refractivity contribution in [2.24, 2.45) is 10.9 Å². The van der Waals surface area contributed by atoms with E-state index >= 15 is 0 Å². The number of piperidine rings is 1. The summed E-state index contributed by atoms with van der Waals surface area (Å²) in [6.45, 7) is 8.86. The minimum absolute atomic E-state index is 0. The minimum Gasteiger partial charge on any atom is -0.379 e. The van der Waals surface area contributed by atoms with Crippen molar-refractivity contribution < 1.29 is 4.74 Å². The molecule has 0 aliphatic carbocycles. The zero-order valence-corrected chi connectivity index (χ0v) is 18.1. The molecule has 1 fully saturated rings. The van der Waals surface area contributed by atoms with E-state index < -0.39 is 0 Å². The highest BCUT2D eigenvalue weighted by molar-refractivity contribution is 14.0. The number of thiophene rings is 1. The largest absolute Gasteiger partial charge is 0.379 e. The van der Waals surface area contributed by atoms with Crippen LogP contribution in [0.4, 0.5) is 5.00 Å². The molecule has 0 spiro atoms. The molecule has 7 heteroatoms. The molecule has 0 unspecified atom stereocenters. The zero-order valence-electron chi connectivity index (χ0n) is 15.0. The SMILES string of the molecule is CN=C(NCCOCC(C)C)NC1CCN(c2cccs2)CC1.I. The highest BCUT2D eigenvalue weighted by atomic mass is 127. The fourth-order valence-corrected chi connectivity index (χ4v) is 3.43. The second-order valence-corrected chi connectivity index (χ2v) is 7.25. The smallest absolute Gasteiger partial charge is 0.191 e. The topological polar surface area (TPSA) is 48.9 Å². The quantitative estimate of drug-likeness (QED) is 0.281. The van der Waals surface area contributed by atoms with Gasteiger partial charge in [-0.25, -0.2) is 0 Å². The number of hydrogen-bond donors (Lipinski definition) is 2. The molecule has 138 valence electrons. The molecule has 0 radical (unpaired) electrons. The number of nitrogens with one attached hydrogen (secondary N) is 2. The molecule has 2 rings (SSSR count). The number of hydrogen-bond acceptors (Lipinski definition) is 4. The predicted molar refractivity (Wildman–Crippen MR) is 115 cm³/mol. The summed E-state index contributed by atoms with van der Waals surface area (Å²) < 4.78 is 5.58. The van der Waals surface area contributed by atoms with Crippen molar-refractivity contribution >= 4 is 46.3 Å². The maximum Gasteiger partial charge on any atom is 0.191 e. The average molecular weight is 466 g/mol. The van der Waals surface area contributed by atoms with Crippen molar-refractivity contribution in [2.45, 2.75) is 32.7 Å². The Kier molecular flexibility index (Phi) is 10.7. The van der Waals surface area contributed by atoms with Gasteiger partial charge in [-0.2, -0.15) is 0 Å². The monoisotopic (exact) mass is 466 g/mol. The van der Waals surface area contributed by atoms with Crippen LogP contribution in [0.15, 0.2) is 22.5 Å². The van der Waals surface area contributed by atoms with Gasteiger partial charge in [0.05, 0.1) is 11.6 Å². The van der Waals surface area contributed by atoms with Gasteiger partial charge >= 0.3 is 0 Å². The Morgan fingerprint density at radius 2 is 2.17 bits per heavy atom. The molecular weight excluding hydrogens is 435 g/mol. The van der Waals surface area contributed by atoms with E-state index in [0.29, 0.717) is 12.0 Å². The Hall–Kier alpha value is -0.540. The molecule has 1 aromatic heterocycles. The third kappa shape index (κ3) is 7.57. The predicted octanol–water partition coefficient (Wildman–Crippen LogP) is 3.17. The lowest BCUT2D eigenvalue weighted by molar-refractivity contribution is 0.114. The highest BCUT2D eigenvalue weighted by Gasteiger charge is 2.20. The molecule has 1 aliphatic rings. The maximum atomic E-state index is 5.58. The second-order valence-electron chi connectivity index (χ2n) is 6.32. The lowest BCUT2D eigenvalue weighted by Gasteiger charge is -2.33. The first-order chi connectivity index (χ1) is 11.2. The van der Waals surface area contributed by atoms with Crippen LogP contribution in [0, 0.1) is 5.92 Å². The standard InChI is InChI=1S/C17H30N4OS.HI/c1-14(2)13-22-11-8-19-17(18-3)20-15-6-9-21(10-7-15)16-5-4-12-23-16;/h4-5,12,14-15H,6-11,13H2,1-3H3,(H2,18,19,20);1H. The van der Waals surface area contributed by atoms with E-state index in [9.17, 15) is 0 Å². The molecule has 2 heterocycles. The van der Waals surface area contributed by atoms with Crippen LogP contribution in [-0.2, 0) is 4.74 Å². The van der Waals surface area contributed by atoms with Crippen LogP contribution in [0.25, 0.3) is 0 Å². The third-order valence-corrected chi connectivity index (χ3v) is 4.80. The molecule has 24 heavy (non-hydrogen) atoms. The van der Waals surface area contributed by atoms with Crippen LogP contribution in [-0.4, -0.2) is 51.9 Å². The molecule has 2 N–H and O–H groups in total. The molecule has 0 bridgehead atoms. The normalized spacial score (nSPS) is 16.2. The summed E-state index contributed by atoms with van der Waals surface area (Å²) in [5.74, 6) is 1.47. The van der Waals surface area contributed by atoms with Crippen LogP contribution in [0.2, 0.25) is 0 Å². The molecule has 1 aliphatic heterocycles. The summed E-state index contributed by atoms with van der Waals surface area (Å²) in [6.07, 6.45) is 2.28. The summed E-state index contributed by atoms with van der Waals surface area (Å²) in [7, 11) is 1.82. The van der Waals surface area contributed by atoms with E-state index in [-0.39, 0.29) is 24.0 Å². The van der Waals surface area contributed by atoms with Crippen molar-refractivity contribution in [2.75, 3.05) is 44.8 Å². The number of aliphatic imine (C=N–C) groups is 1. The molecule has 0 aromatic carbocycles. The molecule has 0 saturated carbocycles. The molecular formula is C17H31IN4OS. The lowest BCUT2D eigenvalue weighted by atomic mass is 10.1. The summed E-state index contributed by atoms with van der Waals surface area (Å²) in [5.41, 5.74) is 0. The summed E-state index contributed by atoms with van der Waals surface area (Å²) in [5, 5.41) is 10.4. The number of guanidine groups is 1. The molecule has 1 aromatic rings. The van der Waals surface area contributed by atoms with Gasteiger partial charge in [0.15, 0.2) is 5.96 Å². The van der Waals surface area contributed by atoms with E-state index in [2.05, 4.69) is 51.9 Å². The van der Waals surface area contributed by atoms with E-state index in [4.69, 9.17) is 4.74 Å². The summed E-state index contributed by atoms with van der Waals surface area (Å²) >= 11 is 1.82. The van der Waals surface area contributed by atoms with Gasteiger partial charge in [0.2, 0.25) is 0 Å². The van der Waals surface area contributed by atoms with E-state index in [1.54, 1.807) is 0 Å². The molecule has 0 atom stereocenters.